The maximum Gasteiger partial charge on any atom is 0.323 e. The molecule has 3 aromatic heterocycles. The number of benzene rings is 1. The molecule has 0 bridgehead atoms. The van der Waals surface area contributed by atoms with Gasteiger partial charge in [0.25, 0.3) is 0 Å². The molecule has 3 N–H and O–H groups in total. The van der Waals surface area contributed by atoms with Gasteiger partial charge in [-0.3, -0.25) is 0 Å². The van der Waals surface area contributed by atoms with Crippen LogP contribution in [0.2, 0.25) is 0 Å². The lowest BCUT2D eigenvalue weighted by Crippen LogP contribution is -2.16. The smallest absolute Gasteiger partial charge is 0.309 e. The van der Waals surface area contributed by atoms with E-state index in [-0.39, 0.29) is 11.7 Å². The molecular formula is C15H13N3OS2. The zero-order valence-corrected chi connectivity index (χ0v) is 12.9. The summed E-state index contributed by atoms with van der Waals surface area (Å²) >= 11 is 3.58. The predicted octanol–water partition coefficient (Wildman–Crippen LogP) is 3.44. The zero-order valence-electron chi connectivity index (χ0n) is 11.3. The molecule has 0 fully saturated rings. The Kier molecular flexibility index (Phi) is 2.95. The minimum Gasteiger partial charge on any atom is -0.309 e. The van der Waals surface area contributed by atoms with E-state index < -0.39 is 0 Å². The molecule has 0 aliphatic rings. The van der Waals surface area contributed by atoms with Crippen LogP contribution in [0.1, 0.15) is 16.5 Å². The van der Waals surface area contributed by atoms with Crippen molar-refractivity contribution in [3.63, 3.8) is 0 Å². The number of hydrogen-bond acceptors (Lipinski definition) is 4. The van der Waals surface area contributed by atoms with Crippen LogP contribution >= 0.6 is 22.7 Å². The van der Waals surface area contributed by atoms with Crippen molar-refractivity contribution in [2.24, 2.45) is 0 Å². The average Bonchev–Trinajstić information content (AvgIpc) is 3.12. The van der Waals surface area contributed by atoms with Crippen molar-refractivity contribution >= 4 is 43.1 Å². The quantitative estimate of drug-likeness (QED) is 0.542. The van der Waals surface area contributed by atoms with Crippen molar-refractivity contribution < 1.29 is 0 Å². The van der Waals surface area contributed by atoms with Gasteiger partial charge in [0.05, 0.1) is 17.1 Å². The highest BCUT2D eigenvalue weighted by atomic mass is 32.1. The largest absolute Gasteiger partial charge is 0.323 e. The number of aromatic nitrogens is 2. The summed E-state index contributed by atoms with van der Waals surface area (Å²) in [7, 11) is 1.96. The third-order valence-electron chi connectivity index (χ3n) is 3.60. The molecule has 106 valence electrons. The van der Waals surface area contributed by atoms with Crippen molar-refractivity contribution in [1.29, 1.82) is 0 Å². The number of H-pyrrole nitrogens is 2. The molecule has 1 aromatic carbocycles. The maximum atomic E-state index is 11.4. The summed E-state index contributed by atoms with van der Waals surface area (Å²) in [6, 6.07) is 10.6. The summed E-state index contributed by atoms with van der Waals surface area (Å²) in [5, 5.41) is 5.49. The van der Waals surface area contributed by atoms with E-state index in [0.717, 1.165) is 16.6 Å². The Hall–Kier alpha value is -1.89. The normalized spacial score (nSPS) is 13.2. The van der Waals surface area contributed by atoms with Crippen LogP contribution in [0.25, 0.3) is 20.4 Å². The molecule has 4 rings (SSSR count). The lowest BCUT2D eigenvalue weighted by atomic mass is 10.0. The van der Waals surface area contributed by atoms with Gasteiger partial charge in [-0.15, -0.1) is 22.7 Å². The first-order valence-electron chi connectivity index (χ1n) is 6.61. The van der Waals surface area contributed by atoms with Gasteiger partial charge in [-0.2, -0.15) is 0 Å². The number of thiophene rings is 2. The number of aromatic amines is 2. The Bertz CT molecular complexity index is 947. The van der Waals surface area contributed by atoms with Crippen molar-refractivity contribution in [3.8, 4) is 0 Å². The topological polar surface area (TPSA) is 60.7 Å². The van der Waals surface area contributed by atoms with Crippen LogP contribution in [-0.2, 0) is 0 Å². The third-order valence-corrected chi connectivity index (χ3v) is 5.76. The van der Waals surface area contributed by atoms with Crippen molar-refractivity contribution in [2.45, 2.75) is 6.04 Å². The molecule has 4 aromatic rings. The fraction of sp³-hybridized carbons (Fsp3) is 0.133. The van der Waals surface area contributed by atoms with Gasteiger partial charge < -0.3 is 15.3 Å². The van der Waals surface area contributed by atoms with Crippen LogP contribution in [0.4, 0.5) is 0 Å². The second-order valence-electron chi connectivity index (χ2n) is 4.90. The van der Waals surface area contributed by atoms with Gasteiger partial charge in [0.1, 0.15) is 0 Å². The number of rotatable bonds is 3. The Morgan fingerprint density at radius 1 is 1.10 bits per heavy atom. The van der Waals surface area contributed by atoms with Crippen LogP contribution in [0.5, 0.6) is 0 Å². The van der Waals surface area contributed by atoms with E-state index in [0.29, 0.717) is 0 Å². The molecule has 1 atom stereocenters. The molecule has 0 aliphatic carbocycles. The second-order valence-corrected chi connectivity index (χ2v) is 6.97. The first-order valence-corrected chi connectivity index (χ1v) is 8.30. The van der Waals surface area contributed by atoms with E-state index in [9.17, 15) is 4.79 Å². The average molecular weight is 315 g/mol. The highest BCUT2D eigenvalue weighted by molar-refractivity contribution is 7.27. The van der Waals surface area contributed by atoms with Gasteiger partial charge in [0.2, 0.25) is 0 Å². The molecule has 0 spiro atoms. The van der Waals surface area contributed by atoms with Crippen molar-refractivity contribution in [1.82, 2.24) is 15.3 Å². The van der Waals surface area contributed by atoms with E-state index in [2.05, 4.69) is 38.9 Å². The van der Waals surface area contributed by atoms with Crippen molar-refractivity contribution in [3.05, 3.63) is 56.6 Å². The standard InChI is InChI=1S/C15H13N3OS2/c1-16-14(13-7-12-11(21-13)4-5-20-12)8-2-3-9-10(6-8)18-15(19)17-9/h2-7,14,16H,1H3,(H2,17,18,19). The fourth-order valence-electron chi connectivity index (χ4n) is 2.63. The fourth-order valence-corrected chi connectivity index (χ4v) is 4.89. The van der Waals surface area contributed by atoms with Crippen LogP contribution in [0.3, 0.4) is 0 Å². The first-order chi connectivity index (χ1) is 10.2. The number of imidazole rings is 1. The molecule has 0 radical (unpaired) electrons. The monoisotopic (exact) mass is 315 g/mol. The van der Waals surface area contributed by atoms with Gasteiger partial charge in [-0.1, -0.05) is 6.07 Å². The van der Waals surface area contributed by atoms with Crippen LogP contribution in [-0.4, -0.2) is 17.0 Å². The summed E-state index contributed by atoms with van der Waals surface area (Å²) in [5.41, 5.74) is 2.66. The van der Waals surface area contributed by atoms with E-state index in [1.165, 1.54) is 14.3 Å². The summed E-state index contributed by atoms with van der Waals surface area (Å²) in [6.07, 6.45) is 0. The molecule has 0 saturated carbocycles. The first kappa shape index (κ1) is 12.8. The highest BCUT2D eigenvalue weighted by Gasteiger charge is 2.16. The van der Waals surface area contributed by atoms with E-state index >= 15 is 0 Å². The van der Waals surface area contributed by atoms with E-state index in [4.69, 9.17) is 0 Å². The molecule has 3 heterocycles. The van der Waals surface area contributed by atoms with Crippen LogP contribution in [0, 0.1) is 0 Å². The molecule has 4 nitrogen and oxygen atoms in total. The molecule has 0 amide bonds. The van der Waals surface area contributed by atoms with Gasteiger partial charge in [-0.05, 0) is 42.3 Å². The molecule has 1 unspecified atom stereocenters. The molecule has 21 heavy (non-hydrogen) atoms. The Labute approximate surface area is 128 Å². The van der Waals surface area contributed by atoms with E-state index in [1.54, 1.807) is 11.3 Å². The summed E-state index contributed by atoms with van der Waals surface area (Å²) in [4.78, 5) is 18.2. The van der Waals surface area contributed by atoms with Gasteiger partial charge in [0, 0.05) is 14.3 Å². The Balaban J connectivity index is 1.82. The predicted molar refractivity (Wildman–Crippen MR) is 89.5 cm³/mol. The zero-order chi connectivity index (χ0) is 14.4. The SMILES string of the molecule is CNC(c1ccc2[nH]c(=O)[nH]c2c1)c1cc2sccc2s1. The Morgan fingerprint density at radius 3 is 2.76 bits per heavy atom. The van der Waals surface area contributed by atoms with Gasteiger partial charge in [-0.25, -0.2) is 4.79 Å². The minimum atomic E-state index is -0.167. The lowest BCUT2D eigenvalue weighted by molar-refractivity contribution is 0.705. The number of fused-ring (bicyclic) bond motifs is 2. The van der Waals surface area contributed by atoms with Crippen molar-refractivity contribution in [2.75, 3.05) is 7.05 Å². The number of hydrogen-bond donors (Lipinski definition) is 3. The molecular weight excluding hydrogens is 302 g/mol. The maximum absolute atomic E-state index is 11.4. The van der Waals surface area contributed by atoms with Gasteiger partial charge >= 0.3 is 5.69 Å². The summed E-state index contributed by atoms with van der Waals surface area (Å²) in [5.74, 6) is 0. The van der Waals surface area contributed by atoms with Crippen LogP contribution < -0.4 is 11.0 Å². The second kappa shape index (κ2) is 4.84. The van der Waals surface area contributed by atoms with E-state index in [1.807, 2.05) is 30.5 Å². The third kappa shape index (κ3) is 2.12. The van der Waals surface area contributed by atoms with Gasteiger partial charge in [0.15, 0.2) is 0 Å². The summed E-state index contributed by atoms with van der Waals surface area (Å²) in [6.45, 7) is 0. The molecule has 0 saturated heterocycles. The number of nitrogens with one attached hydrogen (secondary N) is 3. The van der Waals surface area contributed by atoms with Crippen LogP contribution in [0.15, 0.2) is 40.5 Å². The lowest BCUT2D eigenvalue weighted by Gasteiger charge is -2.15. The summed E-state index contributed by atoms with van der Waals surface area (Å²) < 4.78 is 2.65. The Morgan fingerprint density at radius 2 is 1.95 bits per heavy atom. The molecule has 0 aliphatic heterocycles. The minimum absolute atomic E-state index is 0.136. The molecule has 6 heteroatoms. The highest BCUT2D eigenvalue weighted by Crippen LogP contribution is 2.36.